The van der Waals surface area contributed by atoms with Crippen LogP contribution in [-0.2, 0) is 0 Å². The average molecular weight is 128 g/mol. The van der Waals surface area contributed by atoms with Crippen LogP contribution < -0.4 is 0 Å². The summed E-state index contributed by atoms with van der Waals surface area (Å²) in [6, 6.07) is 0. The van der Waals surface area contributed by atoms with Crippen molar-refractivity contribution in [3.05, 3.63) is 23.6 Å². The molecule has 0 aromatic rings. The molecule has 1 aliphatic rings. The largest absolute Gasteiger partial charge is 0.123 e. The van der Waals surface area contributed by atoms with Gasteiger partial charge < -0.3 is 0 Å². The van der Waals surface area contributed by atoms with E-state index in [1.165, 1.54) is 4.91 Å². The van der Waals surface area contributed by atoms with Gasteiger partial charge in [-0.05, 0) is 0 Å². The summed E-state index contributed by atoms with van der Waals surface area (Å²) in [5.41, 5.74) is 0. The molecule has 0 unspecified atom stereocenters. The van der Waals surface area contributed by atoms with Crippen molar-refractivity contribution in [2.45, 2.75) is 13.8 Å². The molecule has 0 spiro atoms. The first-order chi connectivity index (χ1) is 3.89. The van der Waals surface area contributed by atoms with Gasteiger partial charge in [0, 0.05) is 10.7 Å². The molecule has 1 heterocycles. The fourth-order valence-electron chi connectivity index (χ4n) is 0.383. The predicted octanol–water partition coefficient (Wildman–Crippen LogP) is 2.83. The van der Waals surface area contributed by atoms with Gasteiger partial charge in [0.2, 0.25) is 0 Å². The van der Waals surface area contributed by atoms with Crippen LogP contribution in [0.1, 0.15) is 13.8 Å². The van der Waals surface area contributed by atoms with E-state index in [-0.39, 0.29) is 0 Å². The number of hydrogen-bond acceptors (Lipinski definition) is 1. The van der Waals surface area contributed by atoms with Crippen LogP contribution in [0.2, 0.25) is 0 Å². The second-order valence-corrected chi connectivity index (χ2v) is 2.33. The highest BCUT2D eigenvalue weighted by Gasteiger charge is 1.92. The summed E-state index contributed by atoms with van der Waals surface area (Å²) >= 11 is 1.79. The molecule has 0 bridgehead atoms. The van der Waals surface area contributed by atoms with Gasteiger partial charge in [-0.25, -0.2) is 0 Å². The van der Waals surface area contributed by atoms with Crippen molar-refractivity contribution in [2.75, 3.05) is 5.75 Å². The molecule has 0 saturated heterocycles. The SMILES string of the molecule is C=C1C=CCS1.CC. The van der Waals surface area contributed by atoms with E-state index >= 15 is 0 Å². The minimum atomic E-state index is 1.12. The lowest BCUT2D eigenvalue weighted by atomic mass is 10.5. The van der Waals surface area contributed by atoms with Gasteiger partial charge >= 0.3 is 0 Å². The van der Waals surface area contributed by atoms with Crippen LogP contribution in [0.25, 0.3) is 0 Å². The molecule has 1 aliphatic heterocycles. The zero-order chi connectivity index (χ0) is 6.41. The van der Waals surface area contributed by atoms with Crippen molar-refractivity contribution < 1.29 is 0 Å². The van der Waals surface area contributed by atoms with Crippen LogP contribution in [-0.4, -0.2) is 5.75 Å². The standard InChI is InChI=1S/C5H6S.C2H6/c1-5-3-2-4-6-5;1-2/h2-3H,1,4H2;1-2H3. The van der Waals surface area contributed by atoms with Crippen LogP contribution in [0.15, 0.2) is 23.6 Å². The molecular formula is C7H12S. The molecule has 1 rings (SSSR count). The van der Waals surface area contributed by atoms with E-state index in [2.05, 4.69) is 12.7 Å². The molecule has 0 aromatic heterocycles. The van der Waals surface area contributed by atoms with Crippen molar-refractivity contribution >= 4 is 11.8 Å². The Labute approximate surface area is 55.7 Å². The highest BCUT2D eigenvalue weighted by atomic mass is 32.2. The fourth-order valence-corrected chi connectivity index (χ4v) is 0.982. The summed E-state index contributed by atoms with van der Waals surface area (Å²) in [4.78, 5) is 1.19. The second kappa shape index (κ2) is 4.98. The molecule has 0 amide bonds. The summed E-state index contributed by atoms with van der Waals surface area (Å²) in [7, 11) is 0. The second-order valence-electron chi connectivity index (χ2n) is 1.18. The number of rotatable bonds is 0. The van der Waals surface area contributed by atoms with E-state index in [4.69, 9.17) is 0 Å². The summed E-state index contributed by atoms with van der Waals surface area (Å²) in [6.07, 6.45) is 4.16. The monoisotopic (exact) mass is 128 g/mol. The van der Waals surface area contributed by atoms with Crippen LogP contribution >= 0.6 is 11.8 Å². The summed E-state index contributed by atoms with van der Waals surface area (Å²) < 4.78 is 0. The average Bonchev–Trinajstić information content (AvgIpc) is 2.24. The lowest BCUT2D eigenvalue weighted by Crippen LogP contribution is -1.52. The van der Waals surface area contributed by atoms with E-state index in [0.29, 0.717) is 0 Å². The van der Waals surface area contributed by atoms with E-state index in [9.17, 15) is 0 Å². The quantitative estimate of drug-likeness (QED) is 0.483. The third kappa shape index (κ3) is 2.92. The highest BCUT2D eigenvalue weighted by Crippen LogP contribution is 2.20. The molecule has 0 N–H and O–H groups in total. The highest BCUT2D eigenvalue weighted by molar-refractivity contribution is 8.03. The van der Waals surface area contributed by atoms with Crippen LogP contribution in [0, 0.1) is 0 Å². The van der Waals surface area contributed by atoms with Gasteiger partial charge in [0.15, 0.2) is 0 Å². The molecule has 0 radical (unpaired) electrons. The molecule has 0 saturated carbocycles. The molecule has 1 heteroatoms. The van der Waals surface area contributed by atoms with Gasteiger partial charge in [-0.3, -0.25) is 0 Å². The van der Waals surface area contributed by atoms with Crippen molar-refractivity contribution in [1.29, 1.82) is 0 Å². The topological polar surface area (TPSA) is 0 Å². The Balaban J connectivity index is 0.000000222. The number of thioether (sulfide) groups is 1. The molecule has 0 aliphatic carbocycles. The molecule has 0 atom stereocenters. The third-order valence-electron chi connectivity index (χ3n) is 0.669. The van der Waals surface area contributed by atoms with Crippen molar-refractivity contribution in [3.8, 4) is 0 Å². The Morgan fingerprint density at radius 3 is 2.38 bits per heavy atom. The summed E-state index contributed by atoms with van der Waals surface area (Å²) in [6.45, 7) is 7.73. The lowest BCUT2D eigenvalue weighted by Gasteiger charge is -1.79. The first kappa shape index (κ1) is 7.83. The summed E-state index contributed by atoms with van der Waals surface area (Å²) in [5, 5.41) is 0. The van der Waals surface area contributed by atoms with Gasteiger partial charge in [-0.2, -0.15) is 0 Å². The molecular weight excluding hydrogens is 116 g/mol. The minimum Gasteiger partial charge on any atom is -0.123 e. The normalized spacial score (nSPS) is 15.5. The lowest BCUT2D eigenvalue weighted by molar-refractivity contribution is 1.50. The maximum Gasteiger partial charge on any atom is 0.0164 e. The van der Waals surface area contributed by atoms with Gasteiger partial charge in [0.1, 0.15) is 0 Å². The van der Waals surface area contributed by atoms with Crippen molar-refractivity contribution in [2.24, 2.45) is 0 Å². The van der Waals surface area contributed by atoms with E-state index in [0.717, 1.165) is 5.75 Å². The smallest absolute Gasteiger partial charge is 0.0164 e. The summed E-state index contributed by atoms with van der Waals surface area (Å²) in [5.74, 6) is 1.12. The van der Waals surface area contributed by atoms with E-state index in [1.807, 2.05) is 19.9 Å². The van der Waals surface area contributed by atoms with Gasteiger partial charge in [-0.1, -0.05) is 32.6 Å². The van der Waals surface area contributed by atoms with Crippen LogP contribution in [0.3, 0.4) is 0 Å². The van der Waals surface area contributed by atoms with Gasteiger partial charge in [0.25, 0.3) is 0 Å². The zero-order valence-electron chi connectivity index (χ0n) is 5.48. The van der Waals surface area contributed by atoms with Crippen LogP contribution in [0.5, 0.6) is 0 Å². The van der Waals surface area contributed by atoms with Crippen molar-refractivity contribution in [1.82, 2.24) is 0 Å². The van der Waals surface area contributed by atoms with Crippen LogP contribution in [0.4, 0.5) is 0 Å². The molecule has 0 aromatic carbocycles. The van der Waals surface area contributed by atoms with Gasteiger partial charge in [-0.15, -0.1) is 11.8 Å². The van der Waals surface area contributed by atoms with E-state index in [1.54, 1.807) is 11.8 Å². The third-order valence-corrected chi connectivity index (χ3v) is 1.53. The van der Waals surface area contributed by atoms with Gasteiger partial charge in [0.05, 0.1) is 0 Å². The first-order valence-corrected chi connectivity index (χ1v) is 3.86. The Kier molecular flexibility index (Phi) is 4.87. The first-order valence-electron chi connectivity index (χ1n) is 2.88. The zero-order valence-corrected chi connectivity index (χ0v) is 6.29. The molecule has 0 fully saturated rings. The molecule has 8 heavy (non-hydrogen) atoms. The Hall–Kier alpha value is -0.170. The minimum absolute atomic E-state index is 1.12. The van der Waals surface area contributed by atoms with E-state index < -0.39 is 0 Å². The van der Waals surface area contributed by atoms with Crippen molar-refractivity contribution in [3.63, 3.8) is 0 Å². The Morgan fingerprint density at radius 2 is 2.25 bits per heavy atom. The Bertz CT molecular complexity index is 92.6. The fraction of sp³-hybridized carbons (Fsp3) is 0.429. The Morgan fingerprint density at radius 1 is 1.62 bits per heavy atom. The maximum atomic E-state index is 3.73. The molecule has 0 nitrogen and oxygen atoms in total. The number of allylic oxidation sites excluding steroid dienone is 1. The molecule has 46 valence electrons. The maximum absolute atomic E-state index is 3.73. The number of hydrogen-bond donors (Lipinski definition) is 0. The predicted molar refractivity (Wildman–Crippen MR) is 42.1 cm³/mol.